The lowest BCUT2D eigenvalue weighted by Gasteiger charge is -2.10. The van der Waals surface area contributed by atoms with Crippen LogP contribution in [0.1, 0.15) is 25.6 Å². The number of nitrogens with zero attached hydrogens (tertiary/aromatic N) is 2. The maximum atomic E-state index is 13.0. The van der Waals surface area contributed by atoms with E-state index in [1.54, 1.807) is 7.11 Å². The lowest BCUT2D eigenvalue weighted by Crippen LogP contribution is -2.26. The summed E-state index contributed by atoms with van der Waals surface area (Å²) >= 11 is 7.06. The molecular weight excluding hydrogens is 464 g/mol. The fourth-order valence-electron chi connectivity index (χ4n) is 3.24. The monoisotopic (exact) mass is 482 g/mol. The number of benzene rings is 2. The number of phenolic OH excluding ortho intramolecular Hbond substituents is 1. The second-order valence-corrected chi connectivity index (χ2v) is 8.36. The average molecular weight is 483 g/mol. The fraction of sp³-hybridized carbons (Fsp3) is 0.130. The highest BCUT2D eigenvalue weighted by atomic mass is 35.5. The number of carbonyl (C=O) groups is 2. The molecule has 2 amide bonds. The smallest absolute Gasteiger partial charge is 0.263 e. The first-order chi connectivity index (χ1) is 16.0. The van der Waals surface area contributed by atoms with Gasteiger partial charge in [-0.25, -0.2) is 9.97 Å². The Morgan fingerprint density at radius 2 is 1.91 bits per heavy atom. The number of aromatic hydroxyl groups is 1. The van der Waals surface area contributed by atoms with E-state index in [0.717, 1.165) is 22.6 Å². The van der Waals surface area contributed by atoms with Crippen molar-refractivity contribution < 1.29 is 19.4 Å². The summed E-state index contributed by atoms with van der Waals surface area (Å²) in [5.41, 5.74) is 1.88. The maximum Gasteiger partial charge on any atom is 0.263 e. The largest absolute Gasteiger partial charge is 0.506 e. The van der Waals surface area contributed by atoms with Gasteiger partial charge in [-0.1, -0.05) is 29.8 Å². The predicted molar refractivity (Wildman–Crippen MR) is 128 cm³/mol. The molecule has 0 spiro atoms. The Kier molecular flexibility index (Phi) is 6.71. The molecule has 0 fully saturated rings. The highest BCUT2D eigenvalue weighted by Crippen LogP contribution is 2.34. The molecule has 0 atom stereocenters. The average Bonchev–Trinajstić information content (AvgIpc) is 3.19. The summed E-state index contributed by atoms with van der Waals surface area (Å²) in [5, 5.41) is 15.3. The van der Waals surface area contributed by atoms with Crippen LogP contribution in [-0.4, -0.2) is 40.5 Å². The van der Waals surface area contributed by atoms with Crippen LogP contribution in [0.2, 0.25) is 5.02 Å². The number of aromatic nitrogens is 2. The van der Waals surface area contributed by atoms with Crippen molar-refractivity contribution in [1.29, 1.82) is 0 Å². The van der Waals surface area contributed by atoms with Gasteiger partial charge in [0.2, 0.25) is 0 Å². The molecule has 0 saturated heterocycles. The second-order valence-electron chi connectivity index (χ2n) is 6.95. The Bertz CT molecular complexity index is 1340. The van der Waals surface area contributed by atoms with Gasteiger partial charge in [0.05, 0.1) is 17.8 Å². The Labute approximate surface area is 198 Å². The number of nitrogens with one attached hydrogen (secondary N) is 2. The molecule has 3 N–H and O–H groups in total. The molecule has 0 aliphatic heterocycles. The van der Waals surface area contributed by atoms with E-state index < -0.39 is 5.91 Å². The van der Waals surface area contributed by atoms with Gasteiger partial charge in [-0.05, 0) is 36.2 Å². The van der Waals surface area contributed by atoms with Gasteiger partial charge in [-0.3, -0.25) is 9.59 Å². The summed E-state index contributed by atoms with van der Waals surface area (Å²) in [6, 6.07) is 11.7. The Morgan fingerprint density at radius 1 is 1.12 bits per heavy atom. The molecule has 0 saturated carbocycles. The van der Waals surface area contributed by atoms with Crippen LogP contribution in [0, 0.1) is 0 Å². The molecule has 0 radical (unpaired) electrons. The molecular formula is C23H19ClN4O4S. The van der Waals surface area contributed by atoms with E-state index in [9.17, 15) is 14.7 Å². The van der Waals surface area contributed by atoms with Crippen molar-refractivity contribution >= 4 is 50.8 Å². The van der Waals surface area contributed by atoms with E-state index in [-0.39, 0.29) is 32.8 Å². The van der Waals surface area contributed by atoms with Crippen LogP contribution in [0.15, 0.2) is 54.9 Å². The number of halogens is 1. The summed E-state index contributed by atoms with van der Waals surface area (Å²) < 4.78 is 5.35. The van der Waals surface area contributed by atoms with Crippen LogP contribution in [0.5, 0.6) is 11.5 Å². The topological polar surface area (TPSA) is 113 Å². The number of phenols is 1. The van der Waals surface area contributed by atoms with E-state index >= 15 is 0 Å². The first kappa shape index (κ1) is 22.5. The first-order valence-electron chi connectivity index (χ1n) is 9.91. The minimum Gasteiger partial charge on any atom is -0.506 e. The minimum absolute atomic E-state index is 0.0481. The number of hydrogen-bond acceptors (Lipinski definition) is 7. The number of ether oxygens (including phenoxy) is 1. The molecule has 33 heavy (non-hydrogen) atoms. The maximum absolute atomic E-state index is 13.0. The molecule has 2 aromatic heterocycles. The van der Waals surface area contributed by atoms with Crippen LogP contribution in [0.3, 0.4) is 0 Å². The number of hydrogen-bond donors (Lipinski definition) is 3. The second kappa shape index (κ2) is 9.85. The molecule has 0 aliphatic carbocycles. The lowest BCUT2D eigenvalue weighted by molar-refractivity contribution is 0.0959. The number of fused-ring (bicyclic) bond motifs is 1. The molecule has 8 nitrogen and oxygen atoms in total. The standard InChI is InChI=1S/C23H19ClN4O4S/c1-32-17-5-3-2-4-13(17)8-9-26-22(31)20-18(19-23(33-20)27-11-10-25-19)28-21(30)14-6-7-16(29)15(24)12-14/h2-7,10-12,29H,8-9H2,1H3,(H,26,31)(H,28,30). The minimum atomic E-state index is -0.495. The third kappa shape index (κ3) is 4.89. The molecule has 0 aliphatic rings. The fourth-order valence-corrected chi connectivity index (χ4v) is 4.39. The van der Waals surface area contributed by atoms with Crippen LogP contribution < -0.4 is 15.4 Å². The zero-order valence-corrected chi connectivity index (χ0v) is 19.0. The number of anilines is 1. The molecule has 4 rings (SSSR count). The lowest BCUT2D eigenvalue weighted by atomic mass is 10.1. The molecule has 0 bridgehead atoms. The SMILES string of the molecule is COc1ccccc1CCNC(=O)c1sc2nccnc2c1NC(=O)c1ccc(O)c(Cl)c1. The van der Waals surface area contributed by atoms with Crippen LogP contribution in [-0.2, 0) is 6.42 Å². The number of amides is 2. The highest BCUT2D eigenvalue weighted by Gasteiger charge is 2.22. The number of para-hydroxylation sites is 1. The molecule has 10 heteroatoms. The predicted octanol–water partition coefficient (Wildman–Crippen LogP) is 4.28. The zero-order valence-electron chi connectivity index (χ0n) is 17.5. The van der Waals surface area contributed by atoms with Gasteiger partial charge in [0.1, 0.15) is 26.7 Å². The van der Waals surface area contributed by atoms with Crippen molar-refractivity contribution in [2.75, 3.05) is 19.0 Å². The number of thiophene rings is 1. The van der Waals surface area contributed by atoms with Crippen molar-refractivity contribution in [1.82, 2.24) is 15.3 Å². The van der Waals surface area contributed by atoms with Crippen LogP contribution >= 0.6 is 22.9 Å². The van der Waals surface area contributed by atoms with Gasteiger partial charge < -0.3 is 20.5 Å². The number of methoxy groups -OCH3 is 1. The highest BCUT2D eigenvalue weighted by molar-refractivity contribution is 7.21. The summed E-state index contributed by atoms with van der Waals surface area (Å²) in [6.45, 7) is 0.370. The quantitative estimate of drug-likeness (QED) is 0.362. The van der Waals surface area contributed by atoms with Gasteiger partial charge in [-0.2, -0.15) is 0 Å². The first-order valence-corrected chi connectivity index (χ1v) is 11.1. The normalized spacial score (nSPS) is 10.7. The van der Waals surface area contributed by atoms with Crippen molar-refractivity contribution in [3.05, 3.63) is 75.9 Å². The third-order valence-corrected chi connectivity index (χ3v) is 6.24. The van der Waals surface area contributed by atoms with E-state index in [1.807, 2.05) is 24.3 Å². The Morgan fingerprint density at radius 3 is 2.70 bits per heavy atom. The van der Waals surface area contributed by atoms with Crippen LogP contribution in [0.4, 0.5) is 5.69 Å². The molecule has 168 valence electrons. The summed E-state index contributed by atoms with van der Waals surface area (Å²) in [6.07, 6.45) is 3.59. The van der Waals surface area contributed by atoms with Crippen molar-refractivity contribution in [3.63, 3.8) is 0 Å². The number of carbonyl (C=O) groups excluding carboxylic acids is 2. The van der Waals surface area contributed by atoms with Crippen molar-refractivity contribution in [2.45, 2.75) is 6.42 Å². The summed E-state index contributed by atoms with van der Waals surface area (Å²) in [5.74, 6) is -0.225. The zero-order chi connectivity index (χ0) is 23.4. The third-order valence-electron chi connectivity index (χ3n) is 4.85. The molecule has 2 aromatic carbocycles. The Balaban J connectivity index is 1.56. The summed E-state index contributed by atoms with van der Waals surface area (Å²) in [4.78, 5) is 35.2. The van der Waals surface area contributed by atoms with Crippen LogP contribution in [0.25, 0.3) is 10.3 Å². The molecule has 4 aromatic rings. The van der Waals surface area contributed by atoms with Gasteiger partial charge in [0, 0.05) is 24.5 Å². The van der Waals surface area contributed by atoms with Gasteiger partial charge >= 0.3 is 0 Å². The Hall–Kier alpha value is -3.69. The molecule has 0 unspecified atom stereocenters. The summed E-state index contributed by atoms with van der Waals surface area (Å²) in [7, 11) is 1.60. The molecule has 2 heterocycles. The number of rotatable bonds is 7. The van der Waals surface area contributed by atoms with Gasteiger partial charge in [0.15, 0.2) is 0 Å². The van der Waals surface area contributed by atoms with Crippen molar-refractivity contribution in [3.8, 4) is 11.5 Å². The van der Waals surface area contributed by atoms with Crippen molar-refractivity contribution in [2.24, 2.45) is 0 Å². The van der Waals surface area contributed by atoms with E-state index in [0.29, 0.717) is 23.3 Å². The van der Waals surface area contributed by atoms with Gasteiger partial charge in [0.25, 0.3) is 11.8 Å². The van der Waals surface area contributed by atoms with E-state index in [2.05, 4.69) is 20.6 Å². The van der Waals surface area contributed by atoms with E-state index in [1.165, 1.54) is 30.6 Å². The van der Waals surface area contributed by atoms with E-state index in [4.69, 9.17) is 16.3 Å². The van der Waals surface area contributed by atoms with Gasteiger partial charge in [-0.15, -0.1) is 11.3 Å².